The summed E-state index contributed by atoms with van der Waals surface area (Å²) in [4.78, 5) is 10.7. The van der Waals surface area contributed by atoms with Crippen LogP contribution in [0.2, 0.25) is 0 Å². The zero-order valence-corrected chi connectivity index (χ0v) is 8.30. The molecule has 1 aromatic carbocycles. The van der Waals surface area contributed by atoms with E-state index in [0.717, 1.165) is 0 Å². The molecular weight excluding hydrogens is 196 g/mol. The van der Waals surface area contributed by atoms with Crippen LogP contribution in [-0.4, -0.2) is 23.3 Å². The van der Waals surface area contributed by atoms with E-state index in [0.29, 0.717) is 17.7 Å². The number of hydrogen-bond donors (Lipinski definition) is 2. The minimum Gasteiger partial charge on any atom is -0.504 e. The summed E-state index contributed by atoms with van der Waals surface area (Å²) < 4.78 is 4.96. The number of benzene rings is 1. The van der Waals surface area contributed by atoms with E-state index in [1.54, 1.807) is 18.2 Å². The molecule has 1 fully saturated rings. The summed E-state index contributed by atoms with van der Waals surface area (Å²) in [6.07, 6.45) is 0.593. The van der Waals surface area contributed by atoms with Gasteiger partial charge in [-0.1, -0.05) is 12.1 Å². The number of carbonyl (C=O) groups is 1. The highest BCUT2D eigenvalue weighted by Gasteiger charge is 2.45. The molecule has 2 atom stereocenters. The number of phenols is 1. The third-order valence-electron chi connectivity index (χ3n) is 2.76. The van der Waals surface area contributed by atoms with Crippen molar-refractivity contribution in [2.75, 3.05) is 7.11 Å². The largest absolute Gasteiger partial charge is 0.504 e. The number of methoxy groups -OCH3 is 1. The molecule has 1 aromatic rings. The molecule has 4 nitrogen and oxygen atoms in total. The first kappa shape index (κ1) is 9.83. The molecule has 1 aliphatic rings. The molecule has 0 amide bonds. The molecule has 2 N–H and O–H groups in total. The second kappa shape index (κ2) is 3.46. The molecule has 0 radical (unpaired) electrons. The van der Waals surface area contributed by atoms with Gasteiger partial charge in [-0.05, 0) is 12.5 Å². The SMILES string of the molecule is COc1cccc([C@@H]2C[C@H]2C(=O)O)c1O. The van der Waals surface area contributed by atoms with Gasteiger partial charge in [0.25, 0.3) is 0 Å². The fourth-order valence-electron chi connectivity index (χ4n) is 1.81. The van der Waals surface area contributed by atoms with Gasteiger partial charge in [-0.2, -0.15) is 0 Å². The first-order chi connectivity index (χ1) is 7.15. The van der Waals surface area contributed by atoms with E-state index < -0.39 is 5.97 Å². The molecule has 80 valence electrons. The van der Waals surface area contributed by atoms with E-state index in [1.165, 1.54) is 7.11 Å². The smallest absolute Gasteiger partial charge is 0.307 e. The lowest BCUT2D eigenvalue weighted by Gasteiger charge is -2.07. The summed E-state index contributed by atoms with van der Waals surface area (Å²) in [5, 5.41) is 18.6. The Hall–Kier alpha value is -1.71. The van der Waals surface area contributed by atoms with E-state index in [4.69, 9.17) is 9.84 Å². The molecule has 1 saturated carbocycles. The van der Waals surface area contributed by atoms with Gasteiger partial charge in [0.15, 0.2) is 11.5 Å². The maximum atomic E-state index is 10.7. The lowest BCUT2D eigenvalue weighted by molar-refractivity contribution is -0.138. The van der Waals surface area contributed by atoms with Crippen molar-refractivity contribution in [1.29, 1.82) is 0 Å². The number of ether oxygens (including phenoxy) is 1. The lowest BCUT2D eigenvalue weighted by Crippen LogP contribution is -1.99. The number of para-hydroxylation sites is 1. The fraction of sp³-hybridized carbons (Fsp3) is 0.364. The second-order valence-electron chi connectivity index (χ2n) is 3.69. The van der Waals surface area contributed by atoms with Crippen molar-refractivity contribution in [1.82, 2.24) is 0 Å². The molecule has 0 saturated heterocycles. The third-order valence-corrected chi connectivity index (χ3v) is 2.76. The molecule has 15 heavy (non-hydrogen) atoms. The highest BCUT2D eigenvalue weighted by Crippen LogP contribution is 2.51. The third kappa shape index (κ3) is 1.63. The summed E-state index contributed by atoms with van der Waals surface area (Å²) in [6.45, 7) is 0. The fourth-order valence-corrected chi connectivity index (χ4v) is 1.81. The van der Waals surface area contributed by atoms with Gasteiger partial charge in [0.05, 0.1) is 13.0 Å². The predicted molar refractivity (Wildman–Crippen MR) is 53.1 cm³/mol. The van der Waals surface area contributed by atoms with E-state index in [2.05, 4.69) is 0 Å². The Morgan fingerprint density at radius 2 is 2.27 bits per heavy atom. The summed E-state index contributed by atoms with van der Waals surface area (Å²) in [5.74, 6) is -0.778. The van der Waals surface area contributed by atoms with Gasteiger partial charge in [-0.15, -0.1) is 0 Å². The van der Waals surface area contributed by atoms with Crippen LogP contribution in [0.25, 0.3) is 0 Å². The molecule has 4 heteroatoms. The van der Waals surface area contributed by atoms with Gasteiger partial charge in [-0.3, -0.25) is 4.79 Å². The predicted octanol–water partition coefficient (Wildman–Crippen LogP) is 1.59. The summed E-state index contributed by atoms with van der Waals surface area (Å²) >= 11 is 0. The van der Waals surface area contributed by atoms with Crippen LogP contribution in [0.3, 0.4) is 0 Å². The molecule has 0 aromatic heterocycles. The lowest BCUT2D eigenvalue weighted by atomic mass is 10.1. The van der Waals surface area contributed by atoms with Gasteiger partial charge in [0.1, 0.15) is 0 Å². The van der Waals surface area contributed by atoms with Crippen molar-refractivity contribution in [2.45, 2.75) is 12.3 Å². The topological polar surface area (TPSA) is 66.8 Å². The van der Waals surface area contributed by atoms with E-state index in [9.17, 15) is 9.90 Å². The zero-order valence-electron chi connectivity index (χ0n) is 8.30. The van der Waals surface area contributed by atoms with Crippen molar-refractivity contribution in [2.24, 2.45) is 5.92 Å². The zero-order chi connectivity index (χ0) is 11.0. The summed E-state index contributed by atoms with van der Waals surface area (Å²) in [5.41, 5.74) is 0.668. The average molecular weight is 208 g/mol. The van der Waals surface area contributed by atoms with Crippen LogP contribution in [0.1, 0.15) is 17.9 Å². The van der Waals surface area contributed by atoms with Crippen LogP contribution >= 0.6 is 0 Å². The first-order valence-electron chi connectivity index (χ1n) is 4.73. The highest BCUT2D eigenvalue weighted by molar-refractivity contribution is 5.75. The van der Waals surface area contributed by atoms with Gasteiger partial charge < -0.3 is 14.9 Å². The number of carboxylic acid groups (broad SMARTS) is 1. The van der Waals surface area contributed by atoms with Gasteiger partial charge in [-0.25, -0.2) is 0 Å². The van der Waals surface area contributed by atoms with E-state index in [-0.39, 0.29) is 17.6 Å². The normalized spacial score (nSPS) is 23.5. The Balaban J connectivity index is 2.27. The number of aromatic hydroxyl groups is 1. The highest BCUT2D eigenvalue weighted by atomic mass is 16.5. The molecule has 0 aliphatic heterocycles. The summed E-state index contributed by atoms with van der Waals surface area (Å²) in [6, 6.07) is 5.15. The van der Waals surface area contributed by atoms with Gasteiger partial charge in [0, 0.05) is 11.5 Å². The van der Waals surface area contributed by atoms with Crippen LogP contribution in [0, 0.1) is 5.92 Å². The Kier molecular flexibility index (Phi) is 2.26. The molecule has 0 spiro atoms. The molecular formula is C11H12O4. The molecule has 0 bridgehead atoms. The Bertz CT molecular complexity index is 400. The second-order valence-corrected chi connectivity index (χ2v) is 3.69. The summed E-state index contributed by atoms with van der Waals surface area (Å²) in [7, 11) is 1.47. The van der Waals surface area contributed by atoms with E-state index in [1.807, 2.05) is 0 Å². The van der Waals surface area contributed by atoms with Crippen molar-refractivity contribution in [3.63, 3.8) is 0 Å². The first-order valence-corrected chi connectivity index (χ1v) is 4.73. The number of phenolic OH excluding ortho intramolecular Hbond substituents is 1. The molecule has 1 aliphatic carbocycles. The maximum absolute atomic E-state index is 10.7. The average Bonchev–Trinajstić information content (AvgIpc) is 2.98. The Morgan fingerprint density at radius 1 is 1.53 bits per heavy atom. The van der Waals surface area contributed by atoms with Crippen LogP contribution in [0.15, 0.2) is 18.2 Å². The number of rotatable bonds is 3. The van der Waals surface area contributed by atoms with Crippen molar-refractivity contribution in [3.05, 3.63) is 23.8 Å². The van der Waals surface area contributed by atoms with Crippen molar-refractivity contribution >= 4 is 5.97 Å². The van der Waals surface area contributed by atoms with Gasteiger partial charge in [0.2, 0.25) is 0 Å². The van der Waals surface area contributed by atoms with Crippen LogP contribution < -0.4 is 4.74 Å². The standard InChI is InChI=1S/C11H12O4/c1-15-9-4-2-3-6(10(9)12)7-5-8(7)11(13)14/h2-4,7-8,12H,5H2,1H3,(H,13,14)/t7-,8+/m0/s1. The van der Waals surface area contributed by atoms with Crippen molar-refractivity contribution in [3.8, 4) is 11.5 Å². The van der Waals surface area contributed by atoms with Crippen molar-refractivity contribution < 1.29 is 19.7 Å². The van der Waals surface area contributed by atoms with Gasteiger partial charge >= 0.3 is 5.97 Å². The number of aliphatic carboxylic acids is 1. The number of hydrogen-bond acceptors (Lipinski definition) is 3. The number of carboxylic acids is 1. The van der Waals surface area contributed by atoms with Crippen LogP contribution in [0.4, 0.5) is 0 Å². The minimum absolute atomic E-state index is 0.0637. The minimum atomic E-state index is -0.804. The molecule has 0 unspecified atom stereocenters. The Morgan fingerprint density at radius 3 is 2.80 bits per heavy atom. The molecule has 2 rings (SSSR count). The quantitative estimate of drug-likeness (QED) is 0.791. The van der Waals surface area contributed by atoms with Crippen LogP contribution in [-0.2, 0) is 4.79 Å². The molecule has 0 heterocycles. The Labute approximate surface area is 87.1 Å². The maximum Gasteiger partial charge on any atom is 0.307 e. The van der Waals surface area contributed by atoms with E-state index >= 15 is 0 Å². The monoisotopic (exact) mass is 208 g/mol. The van der Waals surface area contributed by atoms with Crippen LogP contribution in [0.5, 0.6) is 11.5 Å².